The monoisotopic (exact) mass is 259 g/mol. The molecule has 3 N–H and O–H groups in total. The zero-order valence-electron chi connectivity index (χ0n) is 10.5. The van der Waals surface area contributed by atoms with Crippen LogP contribution in [0.2, 0.25) is 0 Å². The average molecular weight is 259 g/mol. The summed E-state index contributed by atoms with van der Waals surface area (Å²) in [6.07, 6.45) is 0. The molecule has 1 heterocycles. The van der Waals surface area contributed by atoms with E-state index in [1.54, 1.807) is 18.2 Å². The third kappa shape index (κ3) is 3.15. The first-order valence-corrected chi connectivity index (χ1v) is 5.52. The zero-order chi connectivity index (χ0) is 13.8. The number of nitrogens with two attached hydrogens (primary N) is 1. The van der Waals surface area contributed by atoms with E-state index in [1.165, 1.54) is 7.11 Å². The van der Waals surface area contributed by atoms with Gasteiger partial charge in [0.25, 0.3) is 5.91 Å². The molecule has 1 aromatic heterocycles. The maximum absolute atomic E-state index is 12.0. The molecule has 2 rings (SSSR count). The van der Waals surface area contributed by atoms with Crippen molar-refractivity contribution in [2.75, 3.05) is 18.2 Å². The van der Waals surface area contributed by atoms with E-state index in [-0.39, 0.29) is 23.8 Å². The number of carbonyl (C=O) groups excluding carboxylic acids is 1. The summed E-state index contributed by atoms with van der Waals surface area (Å²) in [5.41, 5.74) is 6.98. The Morgan fingerprint density at radius 1 is 1.32 bits per heavy atom. The molecule has 0 saturated heterocycles. The maximum atomic E-state index is 12.0. The minimum atomic E-state index is -0.323. The van der Waals surface area contributed by atoms with Gasteiger partial charge in [-0.05, 0) is 19.1 Å². The number of hydrogen-bond donors (Lipinski definition) is 2. The molecule has 7 heteroatoms. The minimum absolute atomic E-state index is 0.0219. The molecule has 0 fully saturated rings. The third-order valence-electron chi connectivity index (χ3n) is 2.32. The highest BCUT2D eigenvalue weighted by Gasteiger charge is 2.10. The zero-order valence-corrected chi connectivity index (χ0v) is 10.5. The second-order valence-electron chi connectivity index (χ2n) is 3.83. The largest absolute Gasteiger partial charge is 0.467 e. The van der Waals surface area contributed by atoms with Gasteiger partial charge in [-0.15, -0.1) is 0 Å². The van der Waals surface area contributed by atoms with Gasteiger partial charge in [0.2, 0.25) is 11.9 Å². The fourth-order valence-electron chi connectivity index (χ4n) is 1.48. The summed E-state index contributed by atoms with van der Waals surface area (Å²) in [4.78, 5) is 23.4. The summed E-state index contributed by atoms with van der Waals surface area (Å²) in [6.45, 7) is 1.90. The number of aryl methyl sites for hydroxylation is 1. The molecule has 2 aromatic rings. The number of amides is 1. The number of methoxy groups -OCH3 is 1. The Morgan fingerprint density at radius 2 is 2.11 bits per heavy atom. The fraction of sp³-hybridized carbons (Fsp3) is 0.167. The van der Waals surface area contributed by atoms with Gasteiger partial charge in [0.15, 0.2) is 0 Å². The van der Waals surface area contributed by atoms with Gasteiger partial charge in [0, 0.05) is 5.56 Å². The summed E-state index contributed by atoms with van der Waals surface area (Å²) in [5.74, 6) is -0.293. The van der Waals surface area contributed by atoms with Gasteiger partial charge in [0.1, 0.15) is 0 Å². The number of aromatic nitrogens is 3. The van der Waals surface area contributed by atoms with Crippen molar-refractivity contribution in [3.8, 4) is 6.01 Å². The first-order valence-electron chi connectivity index (χ1n) is 5.52. The highest BCUT2D eigenvalue weighted by Crippen LogP contribution is 2.10. The fourth-order valence-corrected chi connectivity index (χ4v) is 1.48. The number of carbonyl (C=O) groups is 1. The van der Waals surface area contributed by atoms with E-state index < -0.39 is 0 Å². The van der Waals surface area contributed by atoms with Crippen LogP contribution in [0.4, 0.5) is 11.9 Å². The topological polar surface area (TPSA) is 103 Å². The molecular weight excluding hydrogens is 246 g/mol. The molecule has 0 spiro atoms. The normalized spacial score (nSPS) is 10.0. The van der Waals surface area contributed by atoms with Crippen LogP contribution in [0.25, 0.3) is 0 Å². The van der Waals surface area contributed by atoms with Gasteiger partial charge in [0.05, 0.1) is 7.11 Å². The molecule has 1 amide bonds. The number of nitrogens with zero attached hydrogens (tertiary/aromatic N) is 3. The summed E-state index contributed by atoms with van der Waals surface area (Å²) in [6, 6.07) is 7.21. The maximum Gasteiger partial charge on any atom is 0.322 e. The van der Waals surface area contributed by atoms with Crippen LogP contribution < -0.4 is 15.8 Å². The Morgan fingerprint density at radius 3 is 2.79 bits per heavy atom. The lowest BCUT2D eigenvalue weighted by Gasteiger charge is -2.06. The number of ether oxygens (including phenoxy) is 1. The molecule has 7 nitrogen and oxygen atoms in total. The first-order chi connectivity index (χ1) is 9.08. The van der Waals surface area contributed by atoms with Crippen LogP contribution in [0.3, 0.4) is 0 Å². The van der Waals surface area contributed by atoms with Crippen LogP contribution in [-0.2, 0) is 0 Å². The molecule has 0 atom stereocenters. The molecule has 0 unspecified atom stereocenters. The second-order valence-corrected chi connectivity index (χ2v) is 3.83. The number of nitrogen functional groups attached to an aromatic ring is 1. The van der Waals surface area contributed by atoms with E-state index in [2.05, 4.69) is 20.3 Å². The second kappa shape index (κ2) is 5.30. The van der Waals surface area contributed by atoms with Crippen molar-refractivity contribution in [2.45, 2.75) is 6.92 Å². The molecule has 0 aliphatic carbocycles. The van der Waals surface area contributed by atoms with E-state index in [1.807, 2.05) is 13.0 Å². The van der Waals surface area contributed by atoms with Crippen LogP contribution in [0.15, 0.2) is 24.3 Å². The summed E-state index contributed by atoms with van der Waals surface area (Å²) in [7, 11) is 1.40. The summed E-state index contributed by atoms with van der Waals surface area (Å²) < 4.78 is 4.85. The summed E-state index contributed by atoms with van der Waals surface area (Å²) in [5, 5.41) is 2.54. The molecule has 0 aliphatic rings. The van der Waals surface area contributed by atoms with Crippen LogP contribution in [0.5, 0.6) is 6.01 Å². The molecule has 0 saturated carbocycles. The predicted octanol–water partition coefficient (Wildman–Crippen LogP) is 1.02. The van der Waals surface area contributed by atoms with E-state index in [4.69, 9.17) is 10.5 Å². The number of hydrogen-bond acceptors (Lipinski definition) is 6. The average Bonchev–Trinajstić information content (AvgIpc) is 2.38. The van der Waals surface area contributed by atoms with Gasteiger partial charge in [-0.25, -0.2) is 0 Å². The lowest BCUT2D eigenvalue weighted by atomic mass is 10.1. The Kier molecular flexibility index (Phi) is 3.56. The van der Waals surface area contributed by atoms with Gasteiger partial charge >= 0.3 is 6.01 Å². The van der Waals surface area contributed by atoms with Crippen molar-refractivity contribution < 1.29 is 9.53 Å². The van der Waals surface area contributed by atoms with Crippen LogP contribution in [-0.4, -0.2) is 28.0 Å². The Labute approximate surface area is 109 Å². The van der Waals surface area contributed by atoms with Crippen LogP contribution >= 0.6 is 0 Å². The SMILES string of the molecule is COc1nc(N)nc(NC(=O)c2cccc(C)c2)n1. The molecule has 98 valence electrons. The van der Waals surface area contributed by atoms with E-state index in [0.29, 0.717) is 5.56 Å². The van der Waals surface area contributed by atoms with E-state index in [9.17, 15) is 4.79 Å². The highest BCUT2D eigenvalue weighted by atomic mass is 16.5. The Bertz CT molecular complexity index is 615. The summed E-state index contributed by atoms with van der Waals surface area (Å²) >= 11 is 0. The van der Waals surface area contributed by atoms with Crippen molar-refractivity contribution in [1.29, 1.82) is 0 Å². The Hall–Kier alpha value is -2.70. The number of nitrogens with one attached hydrogen (secondary N) is 1. The van der Waals surface area contributed by atoms with Crippen molar-refractivity contribution in [3.63, 3.8) is 0 Å². The van der Waals surface area contributed by atoms with E-state index >= 15 is 0 Å². The Balaban J connectivity index is 2.21. The molecule has 1 aromatic carbocycles. The van der Waals surface area contributed by atoms with Crippen LogP contribution in [0, 0.1) is 6.92 Å². The highest BCUT2D eigenvalue weighted by molar-refractivity contribution is 6.03. The van der Waals surface area contributed by atoms with Crippen molar-refractivity contribution >= 4 is 17.8 Å². The van der Waals surface area contributed by atoms with E-state index in [0.717, 1.165) is 5.56 Å². The van der Waals surface area contributed by atoms with Gasteiger partial charge in [-0.2, -0.15) is 15.0 Å². The molecule has 0 bridgehead atoms. The van der Waals surface area contributed by atoms with Crippen molar-refractivity contribution in [2.24, 2.45) is 0 Å². The lowest BCUT2D eigenvalue weighted by molar-refractivity contribution is 0.102. The molecule has 19 heavy (non-hydrogen) atoms. The van der Waals surface area contributed by atoms with Crippen LogP contribution in [0.1, 0.15) is 15.9 Å². The van der Waals surface area contributed by atoms with Gasteiger partial charge in [-0.3, -0.25) is 10.1 Å². The number of benzene rings is 1. The smallest absolute Gasteiger partial charge is 0.322 e. The molecular formula is C12H13N5O2. The lowest BCUT2D eigenvalue weighted by Crippen LogP contribution is -2.15. The number of anilines is 2. The van der Waals surface area contributed by atoms with Crippen molar-refractivity contribution in [3.05, 3.63) is 35.4 Å². The quantitative estimate of drug-likeness (QED) is 0.853. The van der Waals surface area contributed by atoms with Gasteiger partial charge in [-0.1, -0.05) is 17.7 Å². The number of rotatable bonds is 3. The van der Waals surface area contributed by atoms with Gasteiger partial charge < -0.3 is 10.5 Å². The van der Waals surface area contributed by atoms with Crippen molar-refractivity contribution in [1.82, 2.24) is 15.0 Å². The standard InChI is InChI=1S/C12H13N5O2/c1-7-4-3-5-8(6-7)9(18)14-11-15-10(13)16-12(17-11)19-2/h3-6H,1-2H3,(H3,13,14,15,16,17,18). The first kappa shape index (κ1) is 12.7. The predicted molar refractivity (Wildman–Crippen MR) is 69.9 cm³/mol. The minimum Gasteiger partial charge on any atom is -0.467 e. The molecule has 0 aliphatic heterocycles. The third-order valence-corrected chi connectivity index (χ3v) is 2.32. The molecule has 0 radical (unpaired) electrons.